The van der Waals surface area contributed by atoms with Crippen molar-refractivity contribution in [1.82, 2.24) is 14.9 Å². The highest BCUT2D eigenvalue weighted by Crippen LogP contribution is 2.29. The van der Waals surface area contributed by atoms with Gasteiger partial charge >= 0.3 is 0 Å². The van der Waals surface area contributed by atoms with Crippen LogP contribution in [-0.4, -0.2) is 40.8 Å². The molecule has 0 atom stereocenters. The lowest BCUT2D eigenvalue weighted by Gasteiger charge is -2.22. The lowest BCUT2D eigenvalue weighted by Crippen LogP contribution is -2.23. The van der Waals surface area contributed by atoms with Crippen molar-refractivity contribution in [3.8, 4) is 0 Å². The third-order valence-electron chi connectivity index (χ3n) is 6.22. The van der Waals surface area contributed by atoms with E-state index < -0.39 is 0 Å². The van der Waals surface area contributed by atoms with Crippen molar-refractivity contribution in [2.45, 2.75) is 19.9 Å². The highest BCUT2D eigenvalue weighted by atomic mass is 19.1. The molecule has 8 nitrogen and oxygen atoms in total. The number of nitrogens with one attached hydrogen (secondary N) is 2. The van der Waals surface area contributed by atoms with E-state index in [2.05, 4.69) is 39.2 Å². The van der Waals surface area contributed by atoms with Crippen LogP contribution in [0.2, 0.25) is 0 Å². The van der Waals surface area contributed by atoms with E-state index >= 15 is 0 Å². The van der Waals surface area contributed by atoms with E-state index in [1.165, 1.54) is 22.6 Å². The summed E-state index contributed by atoms with van der Waals surface area (Å²) < 4.78 is 13.8. The predicted octanol–water partition coefficient (Wildman–Crippen LogP) is 5.76. The number of aryl methyl sites for hydroxylation is 1. The highest BCUT2D eigenvalue weighted by molar-refractivity contribution is 5.99. The van der Waals surface area contributed by atoms with Crippen LogP contribution in [0, 0.1) is 12.7 Å². The first kappa shape index (κ1) is 28.1. The fourth-order valence-corrected chi connectivity index (χ4v) is 4.14. The van der Waals surface area contributed by atoms with Gasteiger partial charge in [-0.2, -0.15) is 4.98 Å². The van der Waals surface area contributed by atoms with Crippen LogP contribution in [0.3, 0.4) is 0 Å². The van der Waals surface area contributed by atoms with Crippen LogP contribution >= 0.6 is 0 Å². The normalized spacial score (nSPS) is 10.7. The number of likely N-dealkylation sites (N-methyl/N-ethyl adjacent to an activating group) is 1. The van der Waals surface area contributed by atoms with Gasteiger partial charge in [0.05, 0.1) is 5.69 Å². The average Bonchev–Trinajstić information content (AvgIpc) is 2.96. The van der Waals surface area contributed by atoms with E-state index in [4.69, 9.17) is 4.98 Å². The van der Waals surface area contributed by atoms with Crippen LogP contribution in [-0.2, 0) is 22.6 Å². The molecule has 204 valence electrons. The van der Waals surface area contributed by atoms with E-state index in [-0.39, 0.29) is 17.7 Å². The summed E-state index contributed by atoms with van der Waals surface area (Å²) in [5.74, 6) is -0.0188. The zero-order chi connectivity index (χ0) is 28.5. The summed E-state index contributed by atoms with van der Waals surface area (Å²) in [5.41, 5.74) is 4.07. The minimum atomic E-state index is -0.361. The Kier molecular flexibility index (Phi) is 9.32. The van der Waals surface area contributed by atoms with Crippen molar-refractivity contribution in [3.63, 3.8) is 0 Å². The monoisotopic (exact) mass is 538 g/mol. The van der Waals surface area contributed by atoms with Gasteiger partial charge in [0.1, 0.15) is 11.6 Å². The Balaban J connectivity index is 1.65. The summed E-state index contributed by atoms with van der Waals surface area (Å²) in [5, 5.41) is 5.81. The van der Waals surface area contributed by atoms with Gasteiger partial charge in [-0.3, -0.25) is 14.5 Å². The first-order valence-corrected chi connectivity index (χ1v) is 12.8. The minimum absolute atomic E-state index is 0.255. The molecule has 0 aliphatic rings. The lowest BCUT2D eigenvalue weighted by molar-refractivity contribution is -0.112. The summed E-state index contributed by atoms with van der Waals surface area (Å²) >= 11 is 0. The van der Waals surface area contributed by atoms with E-state index in [0.717, 1.165) is 12.1 Å². The van der Waals surface area contributed by atoms with Crippen molar-refractivity contribution in [2.75, 3.05) is 29.1 Å². The molecule has 0 saturated heterocycles. The Bertz CT molecular complexity index is 1490. The average molecular weight is 539 g/mol. The number of aromatic nitrogens is 2. The highest BCUT2D eigenvalue weighted by Gasteiger charge is 2.18. The van der Waals surface area contributed by atoms with Gasteiger partial charge in [0.15, 0.2) is 0 Å². The number of anilines is 5. The molecule has 0 saturated carbocycles. The Morgan fingerprint density at radius 3 is 2.58 bits per heavy atom. The molecule has 40 heavy (non-hydrogen) atoms. The van der Waals surface area contributed by atoms with Crippen LogP contribution < -0.4 is 15.5 Å². The number of halogens is 1. The number of hydrogen-bond donors (Lipinski definition) is 2. The molecule has 9 heteroatoms. The van der Waals surface area contributed by atoms with Gasteiger partial charge in [-0.05, 0) is 74.0 Å². The standard InChI is InChI=1S/C31H31FN6O2/c1-4-29(40)34-25-11-8-12-27(18-25)38(21-39)30-24(15-16-37(3)20-23-9-6-5-7-10-23)19-33-31(36-30)35-26-13-14-28(32)22(2)17-26/h4-14,17-19,21H,1,15-16,20H2,2-3H3,(H,34,40)(H,33,35,36). The molecule has 0 unspecified atom stereocenters. The summed E-state index contributed by atoms with van der Waals surface area (Å²) in [4.78, 5) is 37.1. The topological polar surface area (TPSA) is 90.5 Å². The van der Waals surface area contributed by atoms with Crippen LogP contribution in [0.25, 0.3) is 0 Å². The molecule has 0 aliphatic heterocycles. The Morgan fingerprint density at radius 2 is 1.85 bits per heavy atom. The maximum atomic E-state index is 13.8. The molecule has 3 aromatic carbocycles. The van der Waals surface area contributed by atoms with Gasteiger partial charge < -0.3 is 15.5 Å². The zero-order valence-corrected chi connectivity index (χ0v) is 22.5. The number of benzene rings is 3. The smallest absolute Gasteiger partial charge is 0.247 e. The molecule has 0 bridgehead atoms. The molecule has 1 heterocycles. The number of carbonyl (C=O) groups excluding carboxylic acids is 2. The van der Waals surface area contributed by atoms with Gasteiger partial charge in [-0.1, -0.05) is 43.0 Å². The van der Waals surface area contributed by atoms with Gasteiger partial charge in [0, 0.05) is 36.2 Å². The molecule has 4 aromatic rings. The van der Waals surface area contributed by atoms with Crippen molar-refractivity contribution in [3.05, 3.63) is 114 Å². The Morgan fingerprint density at radius 1 is 1.05 bits per heavy atom. The molecule has 0 fully saturated rings. The third-order valence-corrected chi connectivity index (χ3v) is 6.22. The number of amides is 2. The molecular weight excluding hydrogens is 507 g/mol. The van der Waals surface area contributed by atoms with E-state index in [1.807, 2.05) is 25.2 Å². The molecule has 0 spiro atoms. The summed E-state index contributed by atoms with van der Waals surface area (Å²) in [6, 6.07) is 21.7. The van der Waals surface area contributed by atoms with E-state index in [9.17, 15) is 14.0 Å². The maximum absolute atomic E-state index is 13.8. The second kappa shape index (κ2) is 13.3. The number of carbonyl (C=O) groups is 2. The van der Waals surface area contributed by atoms with Crippen molar-refractivity contribution >= 4 is 41.1 Å². The van der Waals surface area contributed by atoms with Gasteiger partial charge in [-0.25, -0.2) is 9.37 Å². The predicted molar refractivity (Wildman–Crippen MR) is 156 cm³/mol. The molecule has 2 amide bonds. The quantitative estimate of drug-likeness (QED) is 0.176. The second-order valence-corrected chi connectivity index (χ2v) is 9.32. The summed E-state index contributed by atoms with van der Waals surface area (Å²) in [7, 11) is 2.03. The molecule has 1 aromatic heterocycles. The Labute approximate surface area is 233 Å². The van der Waals surface area contributed by atoms with E-state index in [0.29, 0.717) is 47.8 Å². The van der Waals surface area contributed by atoms with Crippen molar-refractivity contribution in [2.24, 2.45) is 0 Å². The van der Waals surface area contributed by atoms with Crippen molar-refractivity contribution in [1.29, 1.82) is 0 Å². The number of nitrogens with zero attached hydrogens (tertiary/aromatic N) is 4. The van der Waals surface area contributed by atoms with Crippen LogP contribution in [0.15, 0.2) is 91.6 Å². The van der Waals surface area contributed by atoms with Crippen LogP contribution in [0.1, 0.15) is 16.7 Å². The molecule has 4 rings (SSSR count). The summed E-state index contributed by atoms with van der Waals surface area (Å²) in [6.45, 7) is 6.61. The molecule has 0 radical (unpaired) electrons. The fraction of sp³-hybridized carbons (Fsp3) is 0.161. The fourth-order valence-electron chi connectivity index (χ4n) is 4.14. The maximum Gasteiger partial charge on any atom is 0.247 e. The SMILES string of the molecule is C=CC(=O)Nc1cccc(N(C=O)c2nc(Nc3ccc(F)c(C)c3)ncc2CCN(C)Cc2ccccc2)c1. The largest absolute Gasteiger partial charge is 0.324 e. The minimum Gasteiger partial charge on any atom is -0.324 e. The molecule has 0 aliphatic carbocycles. The van der Waals surface area contributed by atoms with Gasteiger partial charge in [-0.15, -0.1) is 0 Å². The van der Waals surface area contributed by atoms with Crippen LogP contribution in [0.4, 0.5) is 33.2 Å². The third kappa shape index (κ3) is 7.36. The van der Waals surface area contributed by atoms with E-state index in [1.54, 1.807) is 49.5 Å². The Hall–Kier alpha value is -4.89. The number of hydrogen-bond acceptors (Lipinski definition) is 6. The zero-order valence-electron chi connectivity index (χ0n) is 22.5. The first-order valence-electron chi connectivity index (χ1n) is 12.8. The molecular formula is C31H31FN6O2. The van der Waals surface area contributed by atoms with Crippen molar-refractivity contribution < 1.29 is 14.0 Å². The lowest BCUT2D eigenvalue weighted by atomic mass is 10.1. The van der Waals surface area contributed by atoms with Gasteiger partial charge in [0.2, 0.25) is 18.3 Å². The summed E-state index contributed by atoms with van der Waals surface area (Å²) in [6.07, 6.45) is 4.12. The number of rotatable bonds is 12. The van der Waals surface area contributed by atoms with Gasteiger partial charge in [0.25, 0.3) is 0 Å². The van der Waals surface area contributed by atoms with Crippen LogP contribution in [0.5, 0.6) is 0 Å². The molecule has 2 N–H and O–H groups in total. The first-order chi connectivity index (χ1) is 19.4. The second-order valence-electron chi connectivity index (χ2n) is 9.32.